The lowest BCUT2D eigenvalue weighted by atomic mass is 9.96. The monoisotopic (exact) mass is 604 g/mol. The lowest BCUT2D eigenvalue weighted by Crippen LogP contribution is -2.20. The maximum absolute atomic E-state index is 11.6. The van der Waals surface area contributed by atoms with Crippen molar-refractivity contribution in [2.45, 2.75) is 6.54 Å². The number of carboxylic acids is 2. The van der Waals surface area contributed by atoms with Crippen LogP contribution in [0.3, 0.4) is 0 Å². The Morgan fingerprint density at radius 2 is 1.75 bits per heavy atom. The molecule has 1 heterocycles. The first-order chi connectivity index (χ1) is 21.2. The van der Waals surface area contributed by atoms with Gasteiger partial charge in [0.25, 0.3) is 5.70 Å². The highest BCUT2D eigenvalue weighted by Crippen LogP contribution is 2.41. The van der Waals surface area contributed by atoms with E-state index < -0.39 is 11.9 Å². The molecule has 2 N–H and O–H groups in total. The van der Waals surface area contributed by atoms with Crippen molar-refractivity contribution in [3.63, 3.8) is 0 Å². The van der Waals surface area contributed by atoms with Crippen LogP contribution in [0.4, 0.5) is 5.69 Å². The second kappa shape index (κ2) is 13.6. The Balaban J connectivity index is 1.73. The van der Waals surface area contributed by atoms with E-state index in [-0.39, 0.29) is 34.5 Å². The van der Waals surface area contributed by atoms with Gasteiger partial charge in [-0.15, -0.1) is 0 Å². The van der Waals surface area contributed by atoms with Gasteiger partial charge in [-0.05, 0) is 71.8 Å². The van der Waals surface area contributed by atoms with Crippen LogP contribution in [0.2, 0.25) is 5.02 Å². The number of methoxy groups -OCH3 is 1. The maximum atomic E-state index is 11.6. The molecule has 0 aliphatic carbocycles. The molecule has 0 bridgehead atoms. The van der Waals surface area contributed by atoms with Gasteiger partial charge in [0.05, 0.1) is 54.8 Å². The molecule has 1 aliphatic rings. The van der Waals surface area contributed by atoms with E-state index in [1.807, 2.05) is 6.07 Å². The second-order valence-electron chi connectivity index (χ2n) is 9.09. The van der Waals surface area contributed by atoms with Crippen molar-refractivity contribution < 1.29 is 29.3 Å². The molecule has 0 aromatic heterocycles. The third-order valence-corrected chi connectivity index (χ3v) is 6.57. The predicted octanol–water partition coefficient (Wildman–Crippen LogP) is 6.85. The van der Waals surface area contributed by atoms with Crippen LogP contribution < -0.4 is 14.4 Å². The third kappa shape index (κ3) is 6.78. The first kappa shape index (κ1) is 30.7. The lowest BCUT2D eigenvalue weighted by molar-refractivity contribution is 0.0696. The Hall–Kier alpha value is -6.28. The first-order valence-corrected chi connectivity index (χ1v) is 13.1. The minimum absolute atomic E-state index is 0.0486. The summed E-state index contributed by atoms with van der Waals surface area (Å²) in [7, 11) is 1.48. The van der Waals surface area contributed by atoms with E-state index in [1.165, 1.54) is 31.4 Å². The summed E-state index contributed by atoms with van der Waals surface area (Å²) < 4.78 is 11.3. The van der Waals surface area contributed by atoms with Gasteiger partial charge in [-0.1, -0.05) is 35.9 Å². The van der Waals surface area contributed by atoms with E-state index in [0.29, 0.717) is 39.2 Å². The molecule has 0 radical (unpaired) electrons. The highest BCUT2D eigenvalue weighted by Gasteiger charge is 2.27. The number of halogens is 1. The van der Waals surface area contributed by atoms with Gasteiger partial charge in [-0.2, -0.15) is 5.26 Å². The van der Waals surface area contributed by atoms with E-state index in [4.69, 9.17) is 27.6 Å². The number of aromatic carboxylic acids is 2. The fraction of sp³-hybridized carbons (Fsp3) is 0.0606. The molecule has 4 rings (SSSR count). The van der Waals surface area contributed by atoms with Crippen molar-refractivity contribution in [1.29, 1.82) is 10.5 Å². The van der Waals surface area contributed by atoms with Crippen LogP contribution in [-0.4, -0.2) is 29.3 Å². The number of anilines is 1. The number of carboxylic acid groups (broad SMARTS) is 2. The molecule has 10 nitrogen and oxygen atoms in total. The molecule has 216 valence electrons. The van der Waals surface area contributed by atoms with E-state index in [0.717, 1.165) is 6.07 Å². The zero-order valence-electron chi connectivity index (χ0n) is 23.0. The van der Waals surface area contributed by atoms with Crippen LogP contribution in [0.1, 0.15) is 31.8 Å². The number of hydrogen-bond acceptors (Lipinski definition) is 7. The number of ether oxygens (including phenoxy) is 2. The van der Waals surface area contributed by atoms with Crippen LogP contribution in [0.5, 0.6) is 11.5 Å². The Labute approximate surface area is 257 Å². The SMILES string of the molecule is [C-]#[N+]C(C#N)=C(C(C#N)=CC=CC=C1Oc2ccc(Cl)cc2N1Cc1cc(C(=O)O)cc(C(=O)O)c1)c1cccc(OC)c1. The summed E-state index contributed by atoms with van der Waals surface area (Å²) in [5.74, 6) is -1.27. The number of fused-ring (bicyclic) bond motifs is 1. The van der Waals surface area contributed by atoms with E-state index >= 15 is 0 Å². The Morgan fingerprint density at radius 1 is 1.02 bits per heavy atom. The second-order valence-corrected chi connectivity index (χ2v) is 9.53. The summed E-state index contributed by atoms with van der Waals surface area (Å²) in [5.41, 5.74) is 1.02. The van der Waals surface area contributed by atoms with E-state index in [9.17, 15) is 30.3 Å². The van der Waals surface area contributed by atoms with Gasteiger partial charge in [0, 0.05) is 10.6 Å². The quantitative estimate of drug-likeness (QED) is 0.152. The number of carbonyl (C=O) groups is 2. The zero-order valence-corrected chi connectivity index (χ0v) is 23.7. The molecule has 3 aromatic rings. The zero-order chi connectivity index (χ0) is 31.8. The predicted molar refractivity (Wildman–Crippen MR) is 162 cm³/mol. The third-order valence-electron chi connectivity index (χ3n) is 6.34. The molecular weight excluding hydrogens is 584 g/mol. The summed E-state index contributed by atoms with van der Waals surface area (Å²) in [5, 5.41) is 38.9. The summed E-state index contributed by atoms with van der Waals surface area (Å²) in [6, 6.07) is 19.4. The van der Waals surface area contributed by atoms with Crippen molar-refractivity contribution in [2.24, 2.45) is 0 Å². The lowest BCUT2D eigenvalue weighted by Gasteiger charge is -2.19. The number of nitriles is 2. The first-order valence-electron chi connectivity index (χ1n) is 12.7. The van der Waals surface area contributed by atoms with Gasteiger partial charge in [0.15, 0.2) is 5.75 Å². The van der Waals surface area contributed by atoms with Gasteiger partial charge >= 0.3 is 11.9 Å². The van der Waals surface area contributed by atoms with Crippen molar-refractivity contribution in [3.8, 4) is 23.6 Å². The molecule has 0 unspecified atom stereocenters. The number of hydrogen-bond donors (Lipinski definition) is 2. The normalized spacial score (nSPS) is 13.8. The molecule has 44 heavy (non-hydrogen) atoms. The van der Waals surface area contributed by atoms with Crippen molar-refractivity contribution in [1.82, 2.24) is 0 Å². The molecule has 0 amide bonds. The number of rotatable bonds is 9. The highest BCUT2D eigenvalue weighted by molar-refractivity contribution is 6.31. The molecule has 0 saturated heterocycles. The largest absolute Gasteiger partial charge is 0.497 e. The smallest absolute Gasteiger partial charge is 0.335 e. The molecule has 1 aliphatic heterocycles. The van der Waals surface area contributed by atoms with Gasteiger partial charge in [-0.25, -0.2) is 19.7 Å². The highest BCUT2D eigenvalue weighted by atomic mass is 35.5. The average Bonchev–Trinajstić information content (AvgIpc) is 3.35. The fourth-order valence-corrected chi connectivity index (χ4v) is 4.54. The number of allylic oxidation sites excluding steroid dienone is 7. The molecule has 0 spiro atoms. The van der Waals surface area contributed by atoms with Crippen molar-refractivity contribution in [2.75, 3.05) is 12.0 Å². The number of benzene rings is 3. The minimum Gasteiger partial charge on any atom is -0.497 e. The Bertz CT molecular complexity index is 1870. The molecule has 0 atom stereocenters. The standard InChI is InChI=1S/C33H21ClN4O6/c1-37-27(18-36)31(21-7-5-8-26(15-21)43-2)22(17-35)6-3-4-9-30-38(28-16-25(34)10-11-29(28)44-30)19-20-12-23(32(39)40)14-24(13-20)33(41)42/h3-16H,19H2,2H3,(H,39,40)(H,41,42). The average molecular weight is 605 g/mol. The summed E-state index contributed by atoms with van der Waals surface area (Å²) in [4.78, 5) is 28.3. The van der Waals surface area contributed by atoms with E-state index in [2.05, 4.69) is 10.9 Å². The van der Waals surface area contributed by atoms with Gasteiger partial charge < -0.3 is 24.6 Å². The van der Waals surface area contributed by atoms with E-state index in [1.54, 1.807) is 59.5 Å². The Morgan fingerprint density at radius 3 is 2.36 bits per heavy atom. The van der Waals surface area contributed by atoms with Crippen LogP contribution in [0, 0.1) is 29.2 Å². The molecule has 0 fully saturated rings. The molecule has 3 aromatic carbocycles. The van der Waals surface area contributed by atoms with Crippen LogP contribution >= 0.6 is 11.6 Å². The van der Waals surface area contributed by atoms with Crippen LogP contribution in [0.15, 0.2) is 102 Å². The van der Waals surface area contributed by atoms with Gasteiger partial charge in [0.1, 0.15) is 5.75 Å². The van der Waals surface area contributed by atoms with Crippen molar-refractivity contribution in [3.05, 3.63) is 141 Å². The van der Waals surface area contributed by atoms with Crippen LogP contribution in [0.25, 0.3) is 10.4 Å². The molecule has 11 heteroatoms. The summed E-state index contributed by atoms with van der Waals surface area (Å²) in [6.45, 7) is 7.50. The molecule has 0 saturated carbocycles. The summed E-state index contributed by atoms with van der Waals surface area (Å²) in [6.07, 6.45) is 6.16. The molecular formula is C33H21ClN4O6. The Kier molecular flexibility index (Phi) is 9.47. The van der Waals surface area contributed by atoms with Crippen LogP contribution in [-0.2, 0) is 6.54 Å². The van der Waals surface area contributed by atoms with Gasteiger partial charge in [-0.3, -0.25) is 0 Å². The van der Waals surface area contributed by atoms with Crippen molar-refractivity contribution >= 4 is 34.8 Å². The topological polar surface area (TPSA) is 148 Å². The maximum Gasteiger partial charge on any atom is 0.335 e. The number of nitrogens with zero attached hydrogens (tertiary/aromatic N) is 4. The van der Waals surface area contributed by atoms with Gasteiger partial charge in [0.2, 0.25) is 5.88 Å². The summed E-state index contributed by atoms with van der Waals surface area (Å²) >= 11 is 6.23. The minimum atomic E-state index is -1.27. The fourth-order valence-electron chi connectivity index (χ4n) is 4.38.